The average Bonchev–Trinajstić information content (AvgIpc) is 3.46. The molecule has 15 nitrogen and oxygen atoms in total. The molecule has 54 heavy (non-hydrogen) atoms. The van der Waals surface area contributed by atoms with E-state index < -0.39 is 83.7 Å². The number of carbonyl (C=O) groups excluding carboxylic acids is 3. The maximum absolute atomic E-state index is 14.4. The van der Waals surface area contributed by atoms with Crippen LogP contribution in [0.4, 0.5) is 4.79 Å². The number of cyclic esters (lactones) is 1. The van der Waals surface area contributed by atoms with Gasteiger partial charge in [-0.15, -0.1) is 0 Å². The molecular formula is C39H60N4O11. The quantitative estimate of drug-likeness (QED) is 0.305. The first kappa shape index (κ1) is 41.9. The van der Waals surface area contributed by atoms with E-state index in [1.165, 1.54) is 0 Å². The van der Waals surface area contributed by atoms with E-state index in [-0.39, 0.29) is 44.2 Å². The van der Waals surface area contributed by atoms with Crippen LogP contribution >= 0.6 is 0 Å². The van der Waals surface area contributed by atoms with Gasteiger partial charge in [0.2, 0.25) is 0 Å². The number of nitrogens with zero attached hydrogens (tertiary/aromatic N) is 3. The van der Waals surface area contributed by atoms with Crippen LogP contribution in [0.5, 0.6) is 0 Å². The molecule has 2 bridgehead atoms. The minimum absolute atomic E-state index is 0.0468. The van der Waals surface area contributed by atoms with Crippen LogP contribution in [0.3, 0.4) is 0 Å². The van der Waals surface area contributed by atoms with Crippen molar-refractivity contribution in [2.24, 2.45) is 28.8 Å². The SMILES string of the molecule is CC[C@H]1OC(=O)[C@H](C)[C@H]2OC/C(=N\OCc3cccnc3)CO[C@](C)(C[C@@H](C)C(=O)[C@H](C)[C@H]3NC(=O)O[C@@]31C)[C@H](O[C@@H]1O[C@H](C)C[C@H](N(C)C)[C@H]1O)[C@H]2C. The van der Waals surface area contributed by atoms with Gasteiger partial charge in [-0.25, -0.2) is 4.79 Å². The van der Waals surface area contributed by atoms with Gasteiger partial charge in [-0.05, 0) is 67.1 Å². The number of nitrogens with one attached hydrogen (secondary N) is 1. The number of rotatable bonds is 7. The molecule has 1 amide bonds. The summed E-state index contributed by atoms with van der Waals surface area (Å²) in [6.07, 6.45) is -1.13. The molecule has 5 heterocycles. The molecule has 0 aromatic carbocycles. The number of esters is 1. The topological polar surface area (TPSA) is 177 Å². The summed E-state index contributed by atoms with van der Waals surface area (Å²) in [5, 5.41) is 18.8. The third kappa shape index (κ3) is 8.92. The zero-order valence-corrected chi connectivity index (χ0v) is 33.4. The number of fused-ring (bicyclic) bond motifs is 4. The summed E-state index contributed by atoms with van der Waals surface area (Å²) in [6.45, 7) is 14.6. The first-order chi connectivity index (χ1) is 25.5. The van der Waals surface area contributed by atoms with Crippen molar-refractivity contribution in [2.45, 2.75) is 141 Å². The molecule has 1 aromatic rings. The third-order valence-electron chi connectivity index (χ3n) is 11.8. The highest BCUT2D eigenvalue weighted by molar-refractivity contribution is 5.87. The highest BCUT2D eigenvalue weighted by Crippen LogP contribution is 2.42. The fourth-order valence-electron chi connectivity index (χ4n) is 8.78. The second-order valence-electron chi connectivity index (χ2n) is 16.3. The molecule has 0 unspecified atom stereocenters. The fourth-order valence-corrected chi connectivity index (χ4v) is 8.78. The van der Waals surface area contributed by atoms with Crippen LogP contribution in [0, 0.1) is 23.7 Å². The van der Waals surface area contributed by atoms with E-state index in [9.17, 15) is 19.5 Å². The average molecular weight is 761 g/mol. The van der Waals surface area contributed by atoms with Gasteiger partial charge in [0.25, 0.3) is 0 Å². The fraction of sp³-hybridized carbons (Fsp3) is 0.769. The largest absolute Gasteiger partial charge is 0.458 e. The predicted molar refractivity (Wildman–Crippen MR) is 196 cm³/mol. The molecule has 15 heteroatoms. The van der Waals surface area contributed by atoms with Crippen LogP contribution in [-0.4, -0.2) is 126 Å². The van der Waals surface area contributed by atoms with Crippen LogP contribution < -0.4 is 5.32 Å². The number of aliphatic hydroxyl groups excluding tert-OH is 1. The first-order valence-corrected chi connectivity index (χ1v) is 19.2. The Hall–Kier alpha value is -3.21. The van der Waals surface area contributed by atoms with Crippen LogP contribution in [0.15, 0.2) is 29.7 Å². The second-order valence-corrected chi connectivity index (χ2v) is 16.3. The number of carbonyl (C=O) groups is 3. The minimum atomic E-state index is -1.32. The zero-order valence-electron chi connectivity index (χ0n) is 33.4. The van der Waals surface area contributed by atoms with Crippen LogP contribution in [0.25, 0.3) is 0 Å². The molecule has 14 atom stereocenters. The van der Waals surface area contributed by atoms with Gasteiger partial charge in [0.15, 0.2) is 11.9 Å². The molecule has 4 saturated heterocycles. The smallest absolute Gasteiger partial charge is 0.408 e. The van der Waals surface area contributed by atoms with Crippen molar-refractivity contribution in [3.63, 3.8) is 0 Å². The van der Waals surface area contributed by atoms with Crippen molar-refractivity contribution in [1.29, 1.82) is 0 Å². The number of hydrogen-bond acceptors (Lipinski definition) is 14. The molecule has 0 radical (unpaired) electrons. The molecular weight excluding hydrogens is 700 g/mol. The third-order valence-corrected chi connectivity index (χ3v) is 11.8. The highest BCUT2D eigenvalue weighted by Gasteiger charge is 2.57. The molecule has 0 spiro atoms. The van der Waals surface area contributed by atoms with Crippen molar-refractivity contribution in [3.05, 3.63) is 30.1 Å². The maximum Gasteiger partial charge on any atom is 0.408 e. The van der Waals surface area contributed by atoms with E-state index in [1.54, 1.807) is 33.2 Å². The standard InChI is InChI=1S/C39H60N4O11/c1-11-29-39(8)33(41-37(47)54-39)23(4)30(44)21(2)16-38(7)34(53-36-31(45)28(43(9)10)15-22(3)51-36)24(5)32(25(6)35(46)52-29)48-19-27(20-49-38)42-50-18-26-13-12-14-40-17-26/h12-14,17,21-25,28-29,31-34,36,45H,11,15-16,18-20H2,1-10H3,(H,41,47)/b42-27+/t21-,22-,23+,24+,25-,28+,29-,31-,32+,33-,34-,36+,38-,39-/m1/s1. The van der Waals surface area contributed by atoms with Crippen molar-refractivity contribution < 1.29 is 52.7 Å². The number of ether oxygens (including phenoxy) is 6. The van der Waals surface area contributed by atoms with Gasteiger partial charge in [0.05, 0.1) is 49.1 Å². The monoisotopic (exact) mass is 760 g/mol. The Balaban J connectivity index is 1.60. The molecule has 0 saturated carbocycles. The Labute approximate surface area is 318 Å². The minimum Gasteiger partial charge on any atom is -0.458 e. The summed E-state index contributed by atoms with van der Waals surface area (Å²) < 4.78 is 38.6. The van der Waals surface area contributed by atoms with Gasteiger partial charge in [0, 0.05) is 41.8 Å². The summed E-state index contributed by atoms with van der Waals surface area (Å²) in [4.78, 5) is 53.3. The van der Waals surface area contributed by atoms with Gasteiger partial charge in [0.1, 0.15) is 30.3 Å². The summed E-state index contributed by atoms with van der Waals surface area (Å²) in [5.41, 5.74) is -1.32. The van der Waals surface area contributed by atoms with Crippen LogP contribution in [-0.2, 0) is 49.5 Å². The van der Waals surface area contributed by atoms with Gasteiger partial charge in [-0.1, -0.05) is 38.9 Å². The Morgan fingerprint density at radius 2 is 1.83 bits per heavy atom. The molecule has 5 rings (SSSR count). The molecule has 4 aliphatic rings. The Morgan fingerprint density at radius 3 is 2.50 bits per heavy atom. The Morgan fingerprint density at radius 1 is 1.09 bits per heavy atom. The van der Waals surface area contributed by atoms with E-state index in [1.807, 2.05) is 65.7 Å². The summed E-state index contributed by atoms with van der Waals surface area (Å²) in [5.74, 6) is -3.50. The molecule has 1 aromatic heterocycles. The van der Waals surface area contributed by atoms with E-state index >= 15 is 0 Å². The number of pyridine rings is 1. The lowest BCUT2D eigenvalue weighted by atomic mass is 9.73. The predicted octanol–water partition coefficient (Wildman–Crippen LogP) is 3.65. The van der Waals surface area contributed by atoms with Crippen molar-refractivity contribution in [1.82, 2.24) is 15.2 Å². The highest BCUT2D eigenvalue weighted by atomic mass is 16.7. The molecule has 0 aliphatic carbocycles. The maximum atomic E-state index is 14.4. The normalized spacial score (nSPS) is 41.9. The number of hydrogen-bond donors (Lipinski definition) is 2. The van der Waals surface area contributed by atoms with Gasteiger partial charge < -0.3 is 48.6 Å². The van der Waals surface area contributed by atoms with Crippen molar-refractivity contribution in [3.8, 4) is 0 Å². The van der Waals surface area contributed by atoms with Gasteiger partial charge in [-0.3, -0.25) is 14.6 Å². The first-order valence-electron chi connectivity index (χ1n) is 19.2. The number of ketones is 1. The zero-order chi connectivity index (χ0) is 39.5. The number of Topliss-reactive ketones (excluding diaryl/α,β-unsaturated/α-hetero) is 1. The van der Waals surface area contributed by atoms with E-state index in [0.29, 0.717) is 18.6 Å². The van der Waals surface area contributed by atoms with E-state index in [0.717, 1.165) is 5.56 Å². The number of oxime groups is 1. The number of aliphatic hydroxyl groups is 1. The van der Waals surface area contributed by atoms with Crippen LogP contribution in [0.1, 0.15) is 80.2 Å². The number of amides is 1. The van der Waals surface area contributed by atoms with Crippen molar-refractivity contribution >= 4 is 23.6 Å². The van der Waals surface area contributed by atoms with Gasteiger partial charge >= 0.3 is 12.1 Å². The van der Waals surface area contributed by atoms with Crippen LogP contribution in [0.2, 0.25) is 0 Å². The molecule has 2 N–H and O–H groups in total. The summed E-state index contributed by atoms with van der Waals surface area (Å²) >= 11 is 0. The number of aromatic nitrogens is 1. The number of likely N-dealkylation sites (N-methyl/N-ethyl adjacent to an activating group) is 1. The Kier molecular flexibility index (Phi) is 13.4. The lowest BCUT2D eigenvalue weighted by molar-refractivity contribution is -0.302. The molecule has 4 fully saturated rings. The molecule has 302 valence electrons. The summed E-state index contributed by atoms with van der Waals surface area (Å²) in [6, 6.07) is 2.65. The molecule has 4 aliphatic heterocycles. The van der Waals surface area contributed by atoms with Gasteiger partial charge in [-0.2, -0.15) is 0 Å². The van der Waals surface area contributed by atoms with E-state index in [2.05, 4.69) is 15.5 Å². The Bertz CT molecular complexity index is 1500. The number of alkyl carbamates (subject to hydrolysis) is 1. The lowest BCUT2D eigenvalue weighted by Crippen LogP contribution is -2.60. The second kappa shape index (κ2) is 17.3. The summed E-state index contributed by atoms with van der Waals surface area (Å²) in [7, 11) is 3.80. The lowest BCUT2D eigenvalue weighted by Gasteiger charge is -2.48. The van der Waals surface area contributed by atoms with E-state index in [4.69, 9.17) is 33.3 Å². The van der Waals surface area contributed by atoms with Crippen molar-refractivity contribution in [2.75, 3.05) is 27.3 Å².